The van der Waals surface area contributed by atoms with Gasteiger partial charge in [-0.1, -0.05) is 19.8 Å². The van der Waals surface area contributed by atoms with Gasteiger partial charge in [-0.3, -0.25) is 4.99 Å². The fraction of sp³-hybridized carbons (Fsp3) is 0.895. The molecule has 0 spiro atoms. The van der Waals surface area contributed by atoms with Crippen LogP contribution in [0.25, 0.3) is 0 Å². The van der Waals surface area contributed by atoms with Crippen LogP contribution in [0.3, 0.4) is 0 Å². The van der Waals surface area contributed by atoms with E-state index >= 15 is 0 Å². The van der Waals surface area contributed by atoms with Gasteiger partial charge in [-0.25, -0.2) is 0 Å². The molecule has 1 fully saturated rings. The van der Waals surface area contributed by atoms with Crippen molar-refractivity contribution in [1.82, 2.24) is 0 Å². The summed E-state index contributed by atoms with van der Waals surface area (Å²) < 4.78 is 0. The van der Waals surface area contributed by atoms with Gasteiger partial charge in [-0.15, -0.1) is 0 Å². The summed E-state index contributed by atoms with van der Waals surface area (Å²) in [6, 6.07) is 0. The SMILES string of the molecule is CSCCCC(=N)CCCCCCC(N)=NCCSC1CCC1C. The van der Waals surface area contributed by atoms with Gasteiger partial charge in [0.25, 0.3) is 0 Å². The van der Waals surface area contributed by atoms with Gasteiger partial charge in [-0.05, 0) is 62.9 Å². The Morgan fingerprint density at radius 3 is 2.38 bits per heavy atom. The first-order valence-electron chi connectivity index (χ1n) is 9.59. The second kappa shape index (κ2) is 14.1. The normalized spacial score (nSPS) is 20.8. The highest BCUT2D eigenvalue weighted by atomic mass is 32.2. The minimum atomic E-state index is 0.835. The van der Waals surface area contributed by atoms with Crippen LogP contribution in [0.5, 0.6) is 0 Å². The molecule has 0 heterocycles. The lowest BCUT2D eigenvalue weighted by molar-refractivity contribution is 0.363. The van der Waals surface area contributed by atoms with Crippen molar-refractivity contribution in [2.75, 3.05) is 24.3 Å². The number of nitrogens with one attached hydrogen (secondary N) is 1. The van der Waals surface area contributed by atoms with Gasteiger partial charge >= 0.3 is 0 Å². The molecule has 3 N–H and O–H groups in total. The Morgan fingerprint density at radius 2 is 1.75 bits per heavy atom. The molecule has 1 aliphatic rings. The Bertz CT molecular complexity index is 372. The molecular weight excluding hydrogens is 334 g/mol. The van der Waals surface area contributed by atoms with E-state index in [-0.39, 0.29) is 0 Å². The lowest BCUT2D eigenvalue weighted by atomic mass is 9.87. The second-order valence-corrected chi connectivity index (χ2v) is 9.28. The van der Waals surface area contributed by atoms with E-state index in [4.69, 9.17) is 11.1 Å². The maximum absolute atomic E-state index is 7.92. The summed E-state index contributed by atoms with van der Waals surface area (Å²) in [5, 5.41) is 8.80. The van der Waals surface area contributed by atoms with E-state index in [1.165, 1.54) is 31.4 Å². The van der Waals surface area contributed by atoms with Gasteiger partial charge < -0.3 is 11.1 Å². The number of nitrogens with two attached hydrogens (primary N) is 1. The smallest absolute Gasteiger partial charge is 0.0937 e. The Morgan fingerprint density at radius 1 is 1.04 bits per heavy atom. The zero-order chi connectivity index (χ0) is 17.6. The average Bonchev–Trinajstić information content (AvgIpc) is 2.56. The highest BCUT2D eigenvalue weighted by Gasteiger charge is 2.26. The first kappa shape index (κ1) is 21.9. The standard InChI is InChI=1S/C19H37N3S2/c1-16-11-12-18(16)24-15-13-22-19(21)10-6-4-3-5-8-17(20)9-7-14-23-2/h16,18,20H,3-15H2,1-2H3,(H2,21,22). The zero-order valence-corrected chi connectivity index (χ0v) is 17.3. The minimum absolute atomic E-state index is 0.835. The molecule has 0 aromatic rings. The van der Waals surface area contributed by atoms with Crippen molar-refractivity contribution in [2.45, 2.75) is 76.4 Å². The van der Waals surface area contributed by atoms with Crippen LogP contribution in [0.1, 0.15) is 71.1 Å². The van der Waals surface area contributed by atoms with E-state index in [2.05, 4.69) is 29.9 Å². The van der Waals surface area contributed by atoms with E-state index in [1.807, 2.05) is 11.8 Å². The van der Waals surface area contributed by atoms with Gasteiger partial charge in [0, 0.05) is 29.7 Å². The molecule has 3 nitrogen and oxygen atoms in total. The quantitative estimate of drug-likeness (QED) is 0.231. The maximum atomic E-state index is 7.92. The number of aliphatic imine (C=N–C) groups is 1. The number of unbranched alkanes of at least 4 members (excludes halogenated alkanes) is 3. The number of amidine groups is 1. The largest absolute Gasteiger partial charge is 0.387 e. The first-order chi connectivity index (χ1) is 11.6. The van der Waals surface area contributed by atoms with Crippen molar-refractivity contribution in [3.05, 3.63) is 0 Å². The van der Waals surface area contributed by atoms with Gasteiger partial charge in [0.1, 0.15) is 0 Å². The van der Waals surface area contributed by atoms with Crippen molar-refractivity contribution >= 4 is 35.1 Å². The molecule has 0 radical (unpaired) electrons. The van der Waals surface area contributed by atoms with Gasteiger partial charge in [0.05, 0.1) is 5.84 Å². The highest BCUT2D eigenvalue weighted by Crippen LogP contribution is 2.36. The topological polar surface area (TPSA) is 62.2 Å². The zero-order valence-electron chi connectivity index (χ0n) is 15.7. The van der Waals surface area contributed by atoms with E-state index in [0.717, 1.165) is 73.5 Å². The van der Waals surface area contributed by atoms with Crippen LogP contribution < -0.4 is 5.73 Å². The van der Waals surface area contributed by atoms with Crippen LogP contribution in [0.2, 0.25) is 0 Å². The van der Waals surface area contributed by atoms with Gasteiger partial charge in [0.15, 0.2) is 0 Å². The minimum Gasteiger partial charge on any atom is -0.387 e. The maximum Gasteiger partial charge on any atom is 0.0937 e. The number of hydrogen-bond acceptors (Lipinski definition) is 4. The second-order valence-electron chi connectivity index (χ2n) is 6.95. The molecular formula is C19H37N3S2. The lowest BCUT2D eigenvalue weighted by Crippen LogP contribution is -2.26. The Balaban J connectivity index is 1.88. The molecule has 5 heteroatoms. The van der Waals surface area contributed by atoms with E-state index in [9.17, 15) is 0 Å². The molecule has 1 saturated carbocycles. The molecule has 2 atom stereocenters. The third-order valence-corrected chi connectivity index (χ3v) is 7.01. The average molecular weight is 372 g/mol. The molecule has 24 heavy (non-hydrogen) atoms. The van der Waals surface area contributed by atoms with Crippen LogP contribution in [0, 0.1) is 11.3 Å². The summed E-state index contributed by atoms with van der Waals surface area (Å²) in [6.07, 6.45) is 13.7. The van der Waals surface area contributed by atoms with Crippen molar-refractivity contribution in [3.63, 3.8) is 0 Å². The van der Waals surface area contributed by atoms with E-state index < -0.39 is 0 Å². The third kappa shape index (κ3) is 10.7. The number of nitrogens with zero attached hydrogens (tertiary/aromatic N) is 1. The Labute approximate surface area is 157 Å². The summed E-state index contributed by atoms with van der Waals surface area (Å²) in [7, 11) is 0. The van der Waals surface area contributed by atoms with Crippen LogP contribution in [-0.2, 0) is 0 Å². The molecule has 1 aliphatic carbocycles. The summed E-state index contributed by atoms with van der Waals surface area (Å²) in [6.45, 7) is 3.23. The molecule has 2 unspecified atom stereocenters. The van der Waals surface area contributed by atoms with Crippen LogP contribution in [-0.4, -0.2) is 41.1 Å². The lowest BCUT2D eigenvalue weighted by Gasteiger charge is -2.33. The molecule has 0 aromatic carbocycles. The molecule has 0 saturated heterocycles. The fourth-order valence-corrected chi connectivity index (χ4v) is 4.61. The molecule has 140 valence electrons. The first-order valence-corrected chi connectivity index (χ1v) is 12.0. The fourth-order valence-electron chi connectivity index (χ4n) is 2.91. The molecule has 0 aliphatic heterocycles. The third-order valence-electron chi connectivity index (χ3n) is 4.77. The summed E-state index contributed by atoms with van der Waals surface area (Å²) >= 11 is 3.95. The van der Waals surface area contributed by atoms with Gasteiger partial charge in [-0.2, -0.15) is 23.5 Å². The number of thioether (sulfide) groups is 2. The van der Waals surface area contributed by atoms with Crippen molar-refractivity contribution in [1.29, 1.82) is 5.41 Å². The summed E-state index contributed by atoms with van der Waals surface area (Å²) in [4.78, 5) is 4.50. The number of hydrogen-bond donors (Lipinski definition) is 2. The number of rotatable bonds is 15. The summed E-state index contributed by atoms with van der Waals surface area (Å²) in [5.74, 6) is 4.04. The van der Waals surface area contributed by atoms with E-state index in [1.54, 1.807) is 0 Å². The monoisotopic (exact) mass is 371 g/mol. The Hall–Kier alpha value is -0.160. The van der Waals surface area contributed by atoms with Crippen LogP contribution in [0.4, 0.5) is 0 Å². The molecule has 0 aromatic heterocycles. The molecule has 0 amide bonds. The van der Waals surface area contributed by atoms with Gasteiger partial charge in [0.2, 0.25) is 0 Å². The van der Waals surface area contributed by atoms with Crippen molar-refractivity contribution in [2.24, 2.45) is 16.6 Å². The predicted octanol–water partition coefficient (Wildman–Crippen LogP) is 5.38. The molecule has 1 rings (SSSR count). The predicted molar refractivity (Wildman–Crippen MR) is 114 cm³/mol. The Kier molecular flexibility index (Phi) is 12.8. The van der Waals surface area contributed by atoms with Crippen LogP contribution >= 0.6 is 23.5 Å². The van der Waals surface area contributed by atoms with Crippen molar-refractivity contribution in [3.8, 4) is 0 Å². The summed E-state index contributed by atoms with van der Waals surface area (Å²) in [5.41, 5.74) is 6.93. The van der Waals surface area contributed by atoms with Crippen molar-refractivity contribution < 1.29 is 0 Å². The molecule has 0 bridgehead atoms. The highest BCUT2D eigenvalue weighted by molar-refractivity contribution is 8.00. The van der Waals surface area contributed by atoms with Crippen LogP contribution in [0.15, 0.2) is 4.99 Å². The van der Waals surface area contributed by atoms with E-state index in [0.29, 0.717) is 0 Å².